The van der Waals surface area contributed by atoms with Crippen LogP contribution in [0.15, 0.2) is 77.3 Å². The Labute approximate surface area is 153 Å². The Morgan fingerprint density at radius 3 is 2.29 bits per heavy atom. The molecule has 24 heavy (non-hydrogen) atoms. The summed E-state index contributed by atoms with van der Waals surface area (Å²) in [5.74, 6) is 1.19. The van der Waals surface area contributed by atoms with Crippen LogP contribution in [0.5, 0.6) is 11.5 Å². The maximum Gasteiger partial charge on any atom is 0.257 e. The second kappa shape index (κ2) is 7.51. The van der Waals surface area contributed by atoms with Gasteiger partial charge in [0.2, 0.25) is 0 Å². The van der Waals surface area contributed by atoms with Gasteiger partial charge in [0.25, 0.3) is 5.91 Å². The minimum absolute atomic E-state index is 0.266. The number of carbonyl (C=O) groups is 1. The highest BCUT2D eigenvalue weighted by Crippen LogP contribution is 2.25. The first-order chi connectivity index (χ1) is 11.6. The summed E-state index contributed by atoms with van der Waals surface area (Å²) < 4.78 is 6.51. The Balaban J connectivity index is 1.70. The Kier molecular flexibility index (Phi) is 5.18. The molecule has 3 nitrogen and oxygen atoms in total. The summed E-state index contributed by atoms with van der Waals surface area (Å²) in [6.45, 7) is 0. The normalized spacial score (nSPS) is 10.2. The molecule has 0 bridgehead atoms. The Bertz CT molecular complexity index is 851. The second-order valence-corrected chi connectivity index (χ2v) is 6.34. The van der Waals surface area contributed by atoms with Gasteiger partial charge in [-0.05, 0) is 54.6 Å². The highest BCUT2D eigenvalue weighted by atomic mass is 79.9. The SMILES string of the molecule is O=C(Nc1ccc(Oc2ccccc2)cc1)c1cc(Br)ccc1Cl. The van der Waals surface area contributed by atoms with Crippen molar-refractivity contribution < 1.29 is 9.53 Å². The molecule has 0 spiro atoms. The molecule has 0 aliphatic rings. The molecule has 0 radical (unpaired) electrons. The number of halogens is 2. The Morgan fingerprint density at radius 2 is 1.58 bits per heavy atom. The number of ether oxygens (including phenoxy) is 1. The van der Waals surface area contributed by atoms with Gasteiger partial charge < -0.3 is 10.1 Å². The number of carbonyl (C=O) groups excluding carboxylic acids is 1. The monoisotopic (exact) mass is 401 g/mol. The summed E-state index contributed by atoms with van der Waals surface area (Å²) >= 11 is 9.41. The van der Waals surface area contributed by atoms with Crippen LogP contribution >= 0.6 is 27.5 Å². The molecule has 0 aromatic heterocycles. The van der Waals surface area contributed by atoms with Crippen molar-refractivity contribution in [2.75, 3.05) is 5.32 Å². The molecule has 0 unspecified atom stereocenters. The fraction of sp³-hybridized carbons (Fsp3) is 0. The van der Waals surface area contributed by atoms with Crippen molar-refractivity contribution in [1.82, 2.24) is 0 Å². The fourth-order valence-corrected chi connectivity index (χ4v) is 2.67. The van der Waals surface area contributed by atoms with Crippen molar-refractivity contribution in [2.24, 2.45) is 0 Å². The second-order valence-electron chi connectivity index (χ2n) is 5.02. The maximum atomic E-state index is 12.3. The number of hydrogen-bond acceptors (Lipinski definition) is 2. The molecule has 0 heterocycles. The third-order valence-electron chi connectivity index (χ3n) is 3.26. The van der Waals surface area contributed by atoms with Crippen LogP contribution in [0.25, 0.3) is 0 Å². The van der Waals surface area contributed by atoms with E-state index in [1.54, 1.807) is 42.5 Å². The summed E-state index contributed by atoms with van der Waals surface area (Å²) in [7, 11) is 0. The molecule has 1 amide bonds. The first-order valence-corrected chi connectivity index (χ1v) is 8.38. The zero-order valence-corrected chi connectivity index (χ0v) is 14.8. The van der Waals surface area contributed by atoms with Gasteiger partial charge in [-0.1, -0.05) is 45.7 Å². The van der Waals surface area contributed by atoms with Gasteiger partial charge in [0.15, 0.2) is 0 Å². The summed E-state index contributed by atoms with van der Waals surface area (Å²) in [6.07, 6.45) is 0. The molecule has 0 saturated carbocycles. The van der Waals surface area contributed by atoms with Crippen LogP contribution in [0.1, 0.15) is 10.4 Å². The number of benzene rings is 3. The largest absolute Gasteiger partial charge is 0.457 e. The van der Waals surface area contributed by atoms with E-state index in [1.807, 2.05) is 30.3 Å². The number of nitrogens with one attached hydrogen (secondary N) is 1. The van der Waals surface area contributed by atoms with Gasteiger partial charge in [-0.2, -0.15) is 0 Å². The lowest BCUT2D eigenvalue weighted by molar-refractivity contribution is 0.102. The zero-order valence-electron chi connectivity index (χ0n) is 12.5. The van der Waals surface area contributed by atoms with Crippen molar-refractivity contribution >= 4 is 39.1 Å². The van der Waals surface area contributed by atoms with E-state index in [2.05, 4.69) is 21.2 Å². The summed E-state index contributed by atoms with van der Waals surface area (Å²) in [5.41, 5.74) is 1.08. The van der Waals surface area contributed by atoms with Crippen LogP contribution in [0.4, 0.5) is 5.69 Å². The molecular formula is C19H13BrClNO2. The van der Waals surface area contributed by atoms with E-state index in [9.17, 15) is 4.79 Å². The van der Waals surface area contributed by atoms with E-state index in [4.69, 9.17) is 16.3 Å². The lowest BCUT2D eigenvalue weighted by Gasteiger charge is -2.09. The summed E-state index contributed by atoms with van der Waals surface area (Å²) in [6, 6.07) is 21.8. The van der Waals surface area contributed by atoms with E-state index in [0.717, 1.165) is 10.2 Å². The van der Waals surface area contributed by atoms with Gasteiger partial charge >= 0.3 is 0 Å². The van der Waals surface area contributed by atoms with E-state index >= 15 is 0 Å². The first-order valence-electron chi connectivity index (χ1n) is 7.21. The number of para-hydroxylation sites is 1. The molecule has 1 N–H and O–H groups in total. The average molecular weight is 403 g/mol. The van der Waals surface area contributed by atoms with Gasteiger partial charge in [-0.15, -0.1) is 0 Å². The lowest BCUT2D eigenvalue weighted by atomic mass is 10.2. The molecule has 0 fully saturated rings. The number of hydrogen-bond donors (Lipinski definition) is 1. The van der Waals surface area contributed by atoms with Crippen LogP contribution < -0.4 is 10.1 Å². The van der Waals surface area contributed by atoms with Crippen LogP contribution in [0.2, 0.25) is 5.02 Å². The molecule has 0 aliphatic carbocycles. The van der Waals surface area contributed by atoms with Gasteiger partial charge in [0, 0.05) is 10.2 Å². The number of rotatable bonds is 4. The van der Waals surface area contributed by atoms with E-state index < -0.39 is 0 Å². The molecule has 120 valence electrons. The molecule has 3 aromatic carbocycles. The fourth-order valence-electron chi connectivity index (χ4n) is 2.10. The van der Waals surface area contributed by atoms with Gasteiger partial charge in [0.1, 0.15) is 11.5 Å². The van der Waals surface area contributed by atoms with E-state index in [1.165, 1.54) is 0 Å². The third kappa shape index (κ3) is 4.16. The van der Waals surface area contributed by atoms with Crippen molar-refractivity contribution in [3.63, 3.8) is 0 Å². The van der Waals surface area contributed by atoms with Crippen molar-refractivity contribution in [2.45, 2.75) is 0 Å². The molecule has 0 saturated heterocycles. The highest BCUT2D eigenvalue weighted by molar-refractivity contribution is 9.10. The Hall–Kier alpha value is -2.30. The van der Waals surface area contributed by atoms with Gasteiger partial charge in [0.05, 0.1) is 10.6 Å². The minimum atomic E-state index is -0.266. The van der Waals surface area contributed by atoms with Gasteiger partial charge in [-0.25, -0.2) is 0 Å². The minimum Gasteiger partial charge on any atom is -0.457 e. The molecule has 0 aliphatic heterocycles. The molecule has 3 aromatic rings. The van der Waals surface area contributed by atoms with Crippen LogP contribution in [-0.4, -0.2) is 5.91 Å². The predicted octanol–water partition coefficient (Wildman–Crippen LogP) is 6.15. The lowest BCUT2D eigenvalue weighted by Crippen LogP contribution is -2.12. The third-order valence-corrected chi connectivity index (χ3v) is 4.09. The topological polar surface area (TPSA) is 38.3 Å². The predicted molar refractivity (Wildman–Crippen MR) is 100 cm³/mol. The first kappa shape index (κ1) is 16.6. The van der Waals surface area contributed by atoms with Gasteiger partial charge in [-0.3, -0.25) is 4.79 Å². The van der Waals surface area contributed by atoms with Crippen molar-refractivity contribution in [3.05, 3.63) is 87.9 Å². The molecule has 5 heteroatoms. The van der Waals surface area contributed by atoms with E-state index in [-0.39, 0.29) is 5.91 Å². The molecule has 3 rings (SSSR count). The summed E-state index contributed by atoms with van der Waals surface area (Å²) in [4.78, 5) is 12.3. The van der Waals surface area contributed by atoms with Crippen molar-refractivity contribution in [1.29, 1.82) is 0 Å². The Morgan fingerprint density at radius 1 is 0.917 bits per heavy atom. The standard InChI is InChI=1S/C19H13BrClNO2/c20-13-6-11-18(21)17(12-13)19(23)22-14-7-9-16(10-8-14)24-15-4-2-1-3-5-15/h1-12H,(H,22,23). The quantitative estimate of drug-likeness (QED) is 0.568. The molecule has 0 atom stereocenters. The van der Waals surface area contributed by atoms with E-state index in [0.29, 0.717) is 22.0 Å². The summed E-state index contributed by atoms with van der Waals surface area (Å²) in [5, 5.41) is 3.22. The van der Waals surface area contributed by atoms with Crippen LogP contribution in [0.3, 0.4) is 0 Å². The van der Waals surface area contributed by atoms with Crippen LogP contribution in [-0.2, 0) is 0 Å². The van der Waals surface area contributed by atoms with Crippen molar-refractivity contribution in [3.8, 4) is 11.5 Å². The zero-order chi connectivity index (χ0) is 16.9. The maximum absolute atomic E-state index is 12.3. The average Bonchev–Trinajstić information content (AvgIpc) is 2.59. The number of anilines is 1. The van der Waals surface area contributed by atoms with Crippen LogP contribution in [0, 0.1) is 0 Å². The molecular weight excluding hydrogens is 390 g/mol. The highest BCUT2D eigenvalue weighted by Gasteiger charge is 2.11. The number of amides is 1. The smallest absolute Gasteiger partial charge is 0.257 e.